The molecule has 2 atom stereocenters. The molecule has 2 N–H and O–H groups in total. The van der Waals surface area contributed by atoms with Crippen LogP contribution in [-0.4, -0.2) is 20.8 Å². The zero-order valence-electron chi connectivity index (χ0n) is 12.8. The van der Waals surface area contributed by atoms with Gasteiger partial charge in [0.1, 0.15) is 5.82 Å². The lowest BCUT2D eigenvalue weighted by Gasteiger charge is -2.23. The monoisotopic (exact) mass is 272 g/mol. The first kappa shape index (κ1) is 14.7. The first-order valence-electron chi connectivity index (χ1n) is 7.33. The van der Waals surface area contributed by atoms with E-state index in [0.29, 0.717) is 0 Å². The maximum Gasteiger partial charge on any atom is 0.150 e. The van der Waals surface area contributed by atoms with E-state index in [1.807, 2.05) is 11.6 Å². The Hall–Kier alpha value is -1.68. The highest BCUT2D eigenvalue weighted by atomic mass is 15.4. The van der Waals surface area contributed by atoms with E-state index >= 15 is 0 Å². The fraction of sp³-hybridized carbons (Fsp3) is 0.500. The van der Waals surface area contributed by atoms with Crippen LogP contribution in [0.5, 0.6) is 0 Å². The Morgan fingerprint density at radius 1 is 1.25 bits per heavy atom. The van der Waals surface area contributed by atoms with Gasteiger partial charge in [-0.1, -0.05) is 43.7 Å². The van der Waals surface area contributed by atoms with Gasteiger partial charge in [-0.25, -0.2) is 9.67 Å². The van der Waals surface area contributed by atoms with Crippen molar-refractivity contribution in [3.05, 3.63) is 47.0 Å². The molecule has 0 saturated heterocycles. The Labute approximate surface area is 121 Å². The van der Waals surface area contributed by atoms with Crippen molar-refractivity contribution < 1.29 is 0 Å². The summed E-state index contributed by atoms with van der Waals surface area (Å²) >= 11 is 0. The van der Waals surface area contributed by atoms with Crippen LogP contribution >= 0.6 is 0 Å². The summed E-state index contributed by atoms with van der Waals surface area (Å²) in [6, 6.07) is 8.49. The van der Waals surface area contributed by atoms with Crippen molar-refractivity contribution in [3.63, 3.8) is 0 Å². The minimum Gasteiger partial charge on any atom is -0.326 e. The molecule has 0 saturated carbocycles. The second kappa shape index (κ2) is 6.18. The first-order chi connectivity index (χ1) is 9.56. The van der Waals surface area contributed by atoms with Crippen LogP contribution in [0, 0.1) is 6.92 Å². The number of rotatable bonds is 5. The van der Waals surface area contributed by atoms with Crippen molar-refractivity contribution >= 4 is 0 Å². The van der Waals surface area contributed by atoms with Gasteiger partial charge in [-0.3, -0.25) is 0 Å². The summed E-state index contributed by atoms with van der Waals surface area (Å²) in [5, 5.41) is 4.65. The highest BCUT2D eigenvalue weighted by molar-refractivity contribution is 5.27. The fourth-order valence-electron chi connectivity index (χ4n) is 2.54. The zero-order valence-corrected chi connectivity index (χ0v) is 12.8. The summed E-state index contributed by atoms with van der Waals surface area (Å²) in [4.78, 5) is 4.59. The van der Waals surface area contributed by atoms with Gasteiger partial charge in [-0.2, -0.15) is 5.10 Å². The van der Waals surface area contributed by atoms with Crippen molar-refractivity contribution in [1.29, 1.82) is 0 Å². The molecule has 2 rings (SSSR count). The van der Waals surface area contributed by atoms with E-state index in [1.54, 1.807) is 0 Å². The molecule has 0 spiro atoms. The van der Waals surface area contributed by atoms with E-state index in [0.717, 1.165) is 24.5 Å². The van der Waals surface area contributed by atoms with Crippen LogP contribution in [0.15, 0.2) is 24.3 Å². The fourth-order valence-corrected chi connectivity index (χ4v) is 2.54. The lowest BCUT2D eigenvalue weighted by atomic mass is 9.99. The average molecular weight is 272 g/mol. The maximum absolute atomic E-state index is 6.24. The predicted octanol–water partition coefficient (Wildman–Crippen LogP) is 2.65. The summed E-state index contributed by atoms with van der Waals surface area (Å²) in [7, 11) is 0. The molecule has 0 aliphatic rings. The Balaban J connectivity index is 2.51. The molecule has 2 aromatic rings. The minimum absolute atomic E-state index is 0.0199. The van der Waals surface area contributed by atoms with Crippen LogP contribution in [0.3, 0.4) is 0 Å². The van der Waals surface area contributed by atoms with Crippen molar-refractivity contribution in [1.82, 2.24) is 14.8 Å². The van der Waals surface area contributed by atoms with E-state index in [1.165, 1.54) is 11.1 Å². The molecule has 1 aromatic heterocycles. The number of aryl methyl sites for hydroxylation is 3. The molecule has 0 aliphatic carbocycles. The van der Waals surface area contributed by atoms with Crippen molar-refractivity contribution in [2.75, 3.05) is 0 Å². The third-order valence-electron chi connectivity index (χ3n) is 3.52. The van der Waals surface area contributed by atoms with Crippen molar-refractivity contribution in [2.24, 2.45) is 5.73 Å². The van der Waals surface area contributed by atoms with Crippen molar-refractivity contribution in [2.45, 2.75) is 52.6 Å². The van der Waals surface area contributed by atoms with Gasteiger partial charge in [0, 0.05) is 18.9 Å². The minimum atomic E-state index is -0.0199. The molecule has 4 nitrogen and oxygen atoms in total. The Morgan fingerprint density at radius 2 is 2.00 bits per heavy atom. The zero-order chi connectivity index (χ0) is 14.7. The molecule has 1 heterocycles. The molecule has 1 aromatic carbocycles. The summed E-state index contributed by atoms with van der Waals surface area (Å²) in [6.07, 6.45) is 1.71. The Morgan fingerprint density at radius 3 is 2.55 bits per heavy atom. The van der Waals surface area contributed by atoms with Gasteiger partial charge in [-0.05, 0) is 19.4 Å². The molecule has 4 heteroatoms. The van der Waals surface area contributed by atoms with Gasteiger partial charge < -0.3 is 5.73 Å². The standard InChI is InChI=1S/C16H24N4/c1-5-14-18-15(6-2)20(19-14)16(12(4)17)13-9-7-8-11(3)10-13/h7-10,12,16H,5-6,17H2,1-4H3. The number of hydrogen-bond acceptors (Lipinski definition) is 3. The van der Waals surface area contributed by atoms with E-state index in [-0.39, 0.29) is 12.1 Å². The number of hydrogen-bond donors (Lipinski definition) is 1. The molecule has 20 heavy (non-hydrogen) atoms. The van der Waals surface area contributed by atoms with E-state index in [4.69, 9.17) is 5.73 Å². The molecular formula is C16H24N4. The third kappa shape index (κ3) is 2.90. The third-order valence-corrected chi connectivity index (χ3v) is 3.52. The van der Waals surface area contributed by atoms with E-state index < -0.39 is 0 Å². The van der Waals surface area contributed by atoms with Crippen LogP contribution in [0.2, 0.25) is 0 Å². The molecule has 0 aliphatic heterocycles. The van der Waals surface area contributed by atoms with Crippen molar-refractivity contribution in [3.8, 4) is 0 Å². The van der Waals surface area contributed by atoms with Crippen LogP contribution in [0.25, 0.3) is 0 Å². The lowest BCUT2D eigenvalue weighted by molar-refractivity contribution is 0.436. The topological polar surface area (TPSA) is 56.7 Å². The first-order valence-corrected chi connectivity index (χ1v) is 7.33. The Kier molecular flexibility index (Phi) is 4.55. The van der Waals surface area contributed by atoms with Gasteiger partial charge in [0.15, 0.2) is 5.82 Å². The maximum atomic E-state index is 6.24. The summed E-state index contributed by atoms with van der Waals surface area (Å²) in [5.74, 6) is 1.89. The normalized spacial score (nSPS) is 14.2. The highest BCUT2D eigenvalue weighted by Gasteiger charge is 2.23. The number of nitrogens with two attached hydrogens (primary N) is 1. The van der Waals surface area contributed by atoms with E-state index in [9.17, 15) is 0 Å². The molecule has 2 unspecified atom stereocenters. The predicted molar refractivity (Wildman–Crippen MR) is 81.7 cm³/mol. The second-order valence-electron chi connectivity index (χ2n) is 5.31. The second-order valence-corrected chi connectivity index (χ2v) is 5.31. The lowest BCUT2D eigenvalue weighted by Crippen LogP contribution is -2.32. The van der Waals surface area contributed by atoms with Gasteiger partial charge >= 0.3 is 0 Å². The average Bonchev–Trinajstić information content (AvgIpc) is 2.81. The van der Waals surface area contributed by atoms with Gasteiger partial charge in [0.2, 0.25) is 0 Å². The summed E-state index contributed by atoms with van der Waals surface area (Å²) in [5.41, 5.74) is 8.67. The van der Waals surface area contributed by atoms with Gasteiger partial charge in [0.05, 0.1) is 6.04 Å². The molecule has 108 valence electrons. The highest BCUT2D eigenvalue weighted by Crippen LogP contribution is 2.23. The van der Waals surface area contributed by atoms with Crippen LogP contribution in [0.1, 0.15) is 49.6 Å². The SMILES string of the molecule is CCc1nc(CC)n(C(c2cccc(C)c2)C(C)N)n1. The molecule has 0 bridgehead atoms. The quantitative estimate of drug-likeness (QED) is 0.910. The molecule has 0 amide bonds. The summed E-state index contributed by atoms with van der Waals surface area (Å²) < 4.78 is 2.01. The largest absolute Gasteiger partial charge is 0.326 e. The molecule has 0 radical (unpaired) electrons. The van der Waals surface area contributed by atoms with Gasteiger partial charge in [-0.15, -0.1) is 0 Å². The number of nitrogens with zero attached hydrogens (tertiary/aromatic N) is 3. The molecular weight excluding hydrogens is 248 g/mol. The van der Waals surface area contributed by atoms with E-state index in [2.05, 4.69) is 55.1 Å². The number of aromatic nitrogens is 3. The van der Waals surface area contributed by atoms with Crippen LogP contribution < -0.4 is 5.73 Å². The Bertz CT molecular complexity index is 572. The smallest absolute Gasteiger partial charge is 0.150 e. The van der Waals surface area contributed by atoms with Gasteiger partial charge in [0.25, 0.3) is 0 Å². The number of benzene rings is 1. The summed E-state index contributed by atoms with van der Waals surface area (Å²) in [6.45, 7) is 8.31. The molecule has 0 fully saturated rings. The van der Waals surface area contributed by atoms with Crippen LogP contribution in [0.4, 0.5) is 0 Å². The van der Waals surface area contributed by atoms with Crippen LogP contribution in [-0.2, 0) is 12.8 Å².